The van der Waals surface area contributed by atoms with Gasteiger partial charge in [-0.15, -0.1) is 11.3 Å². The van der Waals surface area contributed by atoms with Crippen molar-refractivity contribution in [1.82, 2.24) is 9.88 Å². The second-order valence-corrected chi connectivity index (χ2v) is 5.11. The van der Waals surface area contributed by atoms with Crippen LogP contribution in [-0.2, 0) is 4.74 Å². The molecular formula is C10H17N3OS. The number of morpholine rings is 1. The minimum Gasteiger partial charge on any atom is -0.368 e. The number of hydrogen-bond donors (Lipinski definition) is 1. The third kappa shape index (κ3) is 2.55. The van der Waals surface area contributed by atoms with Crippen molar-refractivity contribution in [2.75, 3.05) is 26.7 Å². The minimum absolute atomic E-state index is 0.0672. The van der Waals surface area contributed by atoms with Gasteiger partial charge in [0.05, 0.1) is 6.61 Å². The van der Waals surface area contributed by atoms with E-state index in [-0.39, 0.29) is 12.1 Å². The molecule has 0 radical (unpaired) electrons. The predicted molar refractivity (Wildman–Crippen MR) is 60.9 cm³/mol. The van der Waals surface area contributed by atoms with Crippen LogP contribution in [0.25, 0.3) is 0 Å². The number of ether oxygens (including phenoxy) is 1. The Bertz CT molecular complexity index is 326. The van der Waals surface area contributed by atoms with Crippen LogP contribution >= 0.6 is 11.3 Å². The second kappa shape index (κ2) is 4.57. The van der Waals surface area contributed by atoms with Crippen molar-refractivity contribution in [3.63, 3.8) is 0 Å². The molecule has 1 aromatic heterocycles. The van der Waals surface area contributed by atoms with Crippen LogP contribution in [0.4, 0.5) is 0 Å². The van der Waals surface area contributed by atoms with E-state index >= 15 is 0 Å². The van der Waals surface area contributed by atoms with Crippen LogP contribution in [0.15, 0.2) is 6.20 Å². The zero-order chi connectivity index (χ0) is 10.8. The second-order valence-electron chi connectivity index (χ2n) is 4.01. The van der Waals surface area contributed by atoms with Crippen molar-refractivity contribution >= 4 is 11.3 Å². The topological polar surface area (TPSA) is 51.4 Å². The van der Waals surface area contributed by atoms with Gasteiger partial charge in [-0.1, -0.05) is 0 Å². The highest BCUT2D eigenvalue weighted by atomic mass is 32.1. The van der Waals surface area contributed by atoms with Gasteiger partial charge in [-0.2, -0.15) is 0 Å². The fraction of sp³-hybridized carbons (Fsp3) is 0.700. The van der Waals surface area contributed by atoms with Crippen molar-refractivity contribution in [3.8, 4) is 0 Å². The van der Waals surface area contributed by atoms with Gasteiger partial charge in [0.2, 0.25) is 0 Å². The molecule has 1 fully saturated rings. The summed E-state index contributed by atoms with van der Waals surface area (Å²) in [7, 11) is 2.11. The Morgan fingerprint density at radius 2 is 2.53 bits per heavy atom. The first kappa shape index (κ1) is 11.0. The van der Waals surface area contributed by atoms with E-state index in [0.29, 0.717) is 0 Å². The Kier molecular flexibility index (Phi) is 3.35. The number of aromatic nitrogens is 1. The molecule has 15 heavy (non-hydrogen) atoms. The summed E-state index contributed by atoms with van der Waals surface area (Å²) in [6.07, 6.45) is 1.99. The van der Waals surface area contributed by atoms with E-state index in [2.05, 4.69) is 16.9 Å². The molecule has 1 aliphatic heterocycles. The maximum absolute atomic E-state index is 5.80. The Morgan fingerprint density at radius 3 is 3.13 bits per heavy atom. The summed E-state index contributed by atoms with van der Waals surface area (Å²) in [5.41, 5.74) is 5.80. The van der Waals surface area contributed by atoms with E-state index in [0.717, 1.165) is 29.6 Å². The molecule has 1 aliphatic rings. The van der Waals surface area contributed by atoms with Crippen LogP contribution in [0.2, 0.25) is 0 Å². The molecule has 2 rings (SSSR count). The first-order valence-electron chi connectivity index (χ1n) is 5.18. The molecule has 0 aromatic carbocycles. The van der Waals surface area contributed by atoms with Crippen LogP contribution in [0.1, 0.15) is 29.0 Å². The van der Waals surface area contributed by atoms with E-state index in [9.17, 15) is 0 Å². The molecule has 2 unspecified atom stereocenters. The fourth-order valence-corrected chi connectivity index (χ4v) is 2.50. The molecule has 2 atom stereocenters. The standard InChI is InChI=1S/C10H17N3OS/c1-7(11)9-5-12-10(15-9)8-6-13(2)3-4-14-8/h5,7-8H,3-4,6,11H2,1-2H3. The summed E-state index contributed by atoms with van der Waals surface area (Å²) in [6.45, 7) is 4.69. The molecule has 0 spiro atoms. The van der Waals surface area contributed by atoms with Crippen LogP contribution in [0, 0.1) is 0 Å². The lowest BCUT2D eigenvalue weighted by Crippen LogP contribution is -2.35. The van der Waals surface area contributed by atoms with E-state index in [4.69, 9.17) is 10.5 Å². The smallest absolute Gasteiger partial charge is 0.123 e. The molecule has 4 nitrogen and oxygen atoms in total. The molecule has 84 valence electrons. The van der Waals surface area contributed by atoms with Crippen LogP contribution < -0.4 is 5.73 Å². The van der Waals surface area contributed by atoms with Crippen molar-refractivity contribution in [1.29, 1.82) is 0 Å². The Morgan fingerprint density at radius 1 is 1.73 bits per heavy atom. The van der Waals surface area contributed by atoms with Crippen molar-refractivity contribution < 1.29 is 4.74 Å². The van der Waals surface area contributed by atoms with Crippen LogP contribution in [0.3, 0.4) is 0 Å². The summed E-state index contributed by atoms with van der Waals surface area (Å²) in [5.74, 6) is 0. The summed E-state index contributed by atoms with van der Waals surface area (Å²) in [5, 5.41) is 1.05. The lowest BCUT2D eigenvalue weighted by Gasteiger charge is -2.28. The Hall–Kier alpha value is -0.490. The third-order valence-electron chi connectivity index (χ3n) is 2.54. The first-order valence-corrected chi connectivity index (χ1v) is 6.00. The zero-order valence-corrected chi connectivity index (χ0v) is 9.96. The number of likely N-dealkylation sites (N-methyl/N-ethyl adjacent to an activating group) is 1. The van der Waals surface area contributed by atoms with Crippen LogP contribution in [-0.4, -0.2) is 36.6 Å². The quantitative estimate of drug-likeness (QED) is 0.824. The van der Waals surface area contributed by atoms with Gasteiger partial charge in [0.15, 0.2) is 0 Å². The summed E-state index contributed by atoms with van der Waals surface area (Å²) < 4.78 is 5.69. The zero-order valence-electron chi connectivity index (χ0n) is 9.14. The number of nitrogens with two attached hydrogens (primary N) is 1. The number of nitrogens with zero attached hydrogens (tertiary/aromatic N) is 2. The normalized spacial score (nSPS) is 25.4. The molecule has 1 saturated heterocycles. The molecule has 0 aliphatic carbocycles. The SMILES string of the molecule is CC(N)c1cnc(C2CN(C)CCO2)s1. The lowest BCUT2D eigenvalue weighted by atomic mass is 10.3. The van der Waals surface area contributed by atoms with Gasteiger partial charge in [0, 0.05) is 30.2 Å². The maximum atomic E-state index is 5.80. The number of hydrogen-bond acceptors (Lipinski definition) is 5. The van der Waals surface area contributed by atoms with E-state index < -0.39 is 0 Å². The molecular weight excluding hydrogens is 210 g/mol. The first-order chi connectivity index (χ1) is 7.16. The number of thiazole rings is 1. The predicted octanol–water partition coefficient (Wildman–Crippen LogP) is 1.17. The highest BCUT2D eigenvalue weighted by molar-refractivity contribution is 7.11. The summed E-state index contributed by atoms with van der Waals surface area (Å²) >= 11 is 1.66. The van der Waals surface area contributed by atoms with Crippen LogP contribution in [0.5, 0.6) is 0 Å². The van der Waals surface area contributed by atoms with Crippen molar-refractivity contribution in [2.24, 2.45) is 5.73 Å². The van der Waals surface area contributed by atoms with Crippen molar-refractivity contribution in [3.05, 3.63) is 16.1 Å². The molecule has 0 bridgehead atoms. The Balaban J connectivity index is 2.08. The molecule has 0 saturated carbocycles. The minimum atomic E-state index is 0.0672. The van der Waals surface area contributed by atoms with Gasteiger partial charge < -0.3 is 15.4 Å². The van der Waals surface area contributed by atoms with E-state index in [1.165, 1.54) is 0 Å². The van der Waals surface area contributed by atoms with Gasteiger partial charge in [-0.25, -0.2) is 4.98 Å². The molecule has 1 aromatic rings. The number of rotatable bonds is 2. The fourth-order valence-electron chi connectivity index (χ4n) is 1.59. The van der Waals surface area contributed by atoms with Crippen molar-refractivity contribution in [2.45, 2.75) is 19.1 Å². The lowest BCUT2D eigenvalue weighted by molar-refractivity contribution is -0.0209. The van der Waals surface area contributed by atoms with Gasteiger partial charge in [-0.05, 0) is 14.0 Å². The molecule has 0 amide bonds. The highest BCUT2D eigenvalue weighted by Crippen LogP contribution is 2.27. The summed E-state index contributed by atoms with van der Waals surface area (Å²) in [6, 6.07) is 0.0672. The van der Waals surface area contributed by atoms with E-state index in [1.807, 2.05) is 13.1 Å². The highest BCUT2D eigenvalue weighted by Gasteiger charge is 2.22. The van der Waals surface area contributed by atoms with Gasteiger partial charge in [-0.3, -0.25) is 0 Å². The average Bonchev–Trinajstić information content (AvgIpc) is 2.66. The van der Waals surface area contributed by atoms with Gasteiger partial charge in [0.1, 0.15) is 11.1 Å². The van der Waals surface area contributed by atoms with Gasteiger partial charge in [0.25, 0.3) is 0 Å². The maximum Gasteiger partial charge on any atom is 0.123 e. The third-order valence-corrected chi connectivity index (χ3v) is 3.83. The Labute approximate surface area is 94.1 Å². The van der Waals surface area contributed by atoms with E-state index in [1.54, 1.807) is 11.3 Å². The molecule has 2 N–H and O–H groups in total. The molecule has 2 heterocycles. The molecule has 5 heteroatoms. The summed E-state index contributed by atoms with van der Waals surface area (Å²) in [4.78, 5) is 7.77. The average molecular weight is 227 g/mol. The largest absolute Gasteiger partial charge is 0.368 e. The monoisotopic (exact) mass is 227 g/mol. The van der Waals surface area contributed by atoms with Gasteiger partial charge >= 0.3 is 0 Å².